The molecule has 0 radical (unpaired) electrons. The van der Waals surface area contributed by atoms with Crippen LogP contribution in [0.3, 0.4) is 0 Å². The van der Waals surface area contributed by atoms with Crippen LogP contribution in [-0.2, 0) is 94.1 Å². The molecule has 4 rings (SSSR count). The monoisotopic (exact) mass is 1430 g/mol. The minimum atomic E-state index is -2.01. The van der Waals surface area contributed by atoms with Crippen LogP contribution < -0.4 is 53.0 Å². The summed E-state index contributed by atoms with van der Waals surface area (Å²) in [5.74, 6) is -6.97. The molecule has 2 saturated heterocycles. The van der Waals surface area contributed by atoms with Gasteiger partial charge in [-0.1, -0.05) is 25.0 Å². The zero-order chi connectivity index (χ0) is 73.7. The standard InChI is InChI=1S/C60H90N8O32/c1-60(2,3)100-59(86)68-95-26-25-90-20-19-87-18-15-66-52(79)37(67-41(70)32-92-24-22-89-17-14-65-51(78)36-28-34(30-94-58(62)85)9-11-39(36)97-56-47(76)43(72)45(74)49(99-56)54(82)83)7-5-4-6-12-63-40(69)31-91-23-21-88-16-13-64-50(77)35-27-33(29-93-57(61)84)8-10-38(35)96-55-46(75)42(71)44(73)48(98-55)53(80)81/h8-11,27-28,37,42-49,55-56,71-76H,4-7,12-26,29-32H2,1-3H3,(H2,61,84)(H2,62,85)(H,63,69)(H,64,77)(H,65,78)(H,66,79)(H,67,70)(H,68,86)(H,80,81)(H,82,83)/t37-,42-,43-,44-,45-,46+,47+,48-,49-,55+,56+/m0/s1. The topological polar surface area (TPSA) is 586 Å². The first-order valence-corrected chi connectivity index (χ1v) is 31.3. The number of aliphatic hydroxyl groups is 6. The van der Waals surface area contributed by atoms with E-state index in [1.54, 1.807) is 20.8 Å². The number of rotatable bonds is 46. The lowest BCUT2D eigenvalue weighted by Crippen LogP contribution is -2.61. The highest BCUT2D eigenvalue weighted by Crippen LogP contribution is 2.30. The van der Waals surface area contributed by atoms with Crippen molar-refractivity contribution in [2.75, 3.05) is 112 Å². The number of hydrogen-bond donors (Lipinski definition) is 16. The molecule has 100 heavy (non-hydrogen) atoms. The van der Waals surface area contributed by atoms with Crippen molar-refractivity contribution in [3.63, 3.8) is 0 Å². The Hall–Kier alpha value is -8.46. The summed E-state index contributed by atoms with van der Waals surface area (Å²) in [5, 5.41) is 93.6. The Kier molecular flexibility index (Phi) is 37.5. The van der Waals surface area contributed by atoms with Gasteiger partial charge in [-0.2, -0.15) is 5.48 Å². The molecule has 11 atom stereocenters. The summed E-state index contributed by atoms with van der Waals surface area (Å²) in [6.07, 6.45) is -20.9. The van der Waals surface area contributed by atoms with Gasteiger partial charge in [0, 0.05) is 26.2 Å². The van der Waals surface area contributed by atoms with E-state index < -0.39 is 139 Å². The SMILES string of the molecule is CC(C)(C)OC(=O)NOCCOCCOCCNC(=O)[C@H](CCCCCNC(=O)COCCOCCNC(=O)c1cc(COC(N)=O)ccc1O[C@@H]1O[C@H](C(=O)O)[C@@H](O)[C@H](O)[C@H]1O)NC(=O)COCCOCCNC(=O)c1cc(COC(N)=O)ccc1O[C@@H]1O[C@H](C(=O)O)[C@@H](O)[C@H](O)[C@H]1O. The number of carbonyl (C=O) groups is 10. The normalized spacial score (nSPS) is 20.7. The minimum Gasteiger partial charge on any atom is -0.479 e. The van der Waals surface area contributed by atoms with Crippen LogP contribution >= 0.6 is 0 Å². The number of nitrogens with two attached hydrogens (primary N) is 2. The summed E-state index contributed by atoms with van der Waals surface area (Å²) in [6.45, 7) is 4.02. The maximum Gasteiger partial charge on any atom is 0.431 e. The largest absolute Gasteiger partial charge is 0.479 e. The first-order chi connectivity index (χ1) is 47.6. The van der Waals surface area contributed by atoms with Gasteiger partial charge in [-0.25, -0.2) is 24.0 Å². The second-order valence-electron chi connectivity index (χ2n) is 22.7. The molecule has 0 aliphatic carbocycles. The third kappa shape index (κ3) is 31.4. The lowest BCUT2D eigenvalue weighted by atomic mass is 9.99. The molecular weight excluding hydrogens is 1340 g/mol. The number of aliphatic carboxylic acids is 2. The smallest absolute Gasteiger partial charge is 0.431 e. The second-order valence-corrected chi connectivity index (χ2v) is 22.7. The number of carboxylic acids is 2. The maximum absolute atomic E-state index is 13.4. The van der Waals surface area contributed by atoms with Gasteiger partial charge in [0.2, 0.25) is 30.3 Å². The highest BCUT2D eigenvalue weighted by Gasteiger charge is 2.50. The molecule has 40 nitrogen and oxygen atoms in total. The summed E-state index contributed by atoms with van der Waals surface area (Å²) < 4.78 is 69.0. The fraction of sp³-hybridized carbons (Fsp3) is 0.633. The van der Waals surface area contributed by atoms with Crippen LogP contribution in [0.2, 0.25) is 0 Å². The summed E-state index contributed by atoms with van der Waals surface area (Å²) in [7, 11) is 0. The first-order valence-electron chi connectivity index (χ1n) is 31.3. The Balaban J connectivity index is 1.17. The maximum atomic E-state index is 13.4. The lowest BCUT2D eigenvalue weighted by Gasteiger charge is -2.38. The van der Waals surface area contributed by atoms with Crippen LogP contribution in [0.5, 0.6) is 11.5 Å². The number of carboxylic acid groups (broad SMARTS) is 2. The van der Waals surface area contributed by atoms with Crippen LogP contribution in [-0.4, -0.2) is 286 Å². The van der Waals surface area contributed by atoms with Crippen molar-refractivity contribution in [2.24, 2.45) is 11.5 Å². The van der Waals surface area contributed by atoms with Gasteiger partial charge in [0.15, 0.2) is 12.2 Å². The van der Waals surface area contributed by atoms with E-state index in [9.17, 15) is 88.8 Å². The van der Waals surface area contributed by atoms with Gasteiger partial charge in [0.1, 0.15) is 86.2 Å². The predicted molar refractivity (Wildman–Crippen MR) is 333 cm³/mol. The van der Waals surface area contributed by atoms with E-state index in [2.05, 4.69) is 32.1 Å². The van der Waals surface area contributed by atoms with Crippen LogP contribution in [0, 0.1) is 0 Å². The molecule has 2 aromatic rings. The van der Waals surface area contributed by atoms with E-state index in [0.29, 0.717) is 19.3 Å². The molecule has 2 aromatic carbocycles. The zero-order valence-electron chi connectivity index (χ0n) is 55.1. The average molecular weight is 1440 g/mol. The molecule has 40 heteroatoms. The first kappa shape index (κ1) is 84.0. The van der Waals surface area contributed by atoms with Gasteiger partial charge < -0.3 is 140 Å². The molecule has 0 aromatic heterocycles. The second kappa shape index (κ2) is 44.6. The van der Waals surface area contributed by atoms with Crippen LogP contribution in [0.25, 0.3) is 0 Å². The molecule has 8 amide bonds. The van der Waals surface area contributed by atoms with Gasteiger partial charge in [0.25, 0.3) is 11.8 Å². The molecule has 0 bridgehead atoms. The molecule has 18 N–H and O–H groups in total. The van der Waals surface area contributed by atoms with Crippen LogP contribution in [0.15, 0.2) is 36.4 Å². The van der Waals surface area contributed by atoms with Crippen molar-refractivity contribution >= 4 is 59.8 Å². The Morgan fingerprint density at radius 2 is 0.930 bits per heavy atom. The van der Waals surface area contributed by atoms with E-state index in [1.807, 2.05) is 0 Å². The summed E-state index contributed by atoms with van der Waals surface area (Å²) in [5.41, 5.74) is 11.7. The van der Waals surface area contributed by atoms with E-state index in [4.69, 9.17) is 77.9 Å². The van der Waals surface area contributed by atoms with Crippen LogP contribution in [0.4, 0.5) is 14.4 Å². The third-order valence-electron chi connectivity index (χ3n) is 13.7. The Morgan fingerprint density at radius 1 is 0.500 bits per heavy atom. The number of ether oxygens (including phenoxy) is 13. The molecule has 0 unspecified atom stereocenters. The molecule has 562 valence electrons. The fourth-order valence-corrected chi connectivity index (χ4v) is 8.82. The van der Waals surface area contributed by atoms with Crippen LogP contribution in [0.1, 0.15) is 78.3 Å². The van der Waals surface area contributed by atoms with Gasteiger partial charge >= 0.3 is 30.2 Å². The number of hydrogen-bond acceptors (Lipinski definition) is 30. The van der Waals surface area contributed by atoms with Gasteiger partial charge in [-0.3, -0.25) is 28.8 Å². The average Bonchev–Trinajstić information content (AvgIpc) is 0.802. The van der Waals surface area contributed by atoms with E-state index in [0.717, 1.165) is 0 Å². The number of hydroxylamine groups is 1. The van der Waals surface area contributed by atoms with E-state index in [1.165, 1.54) is 36.4 Å². The molecule has 2 heterocycles. The number of amides is 8. The lowest BCUT2D eigenvalue weighted by molar-refractivity contribution is -0.271. The molecule has 0 saturated carbocycles. The molecule has 2 aliphatic heterocycles. The number of unbranched alkanes of at least 4 members (excludes halogenated alkanes) is 2. The van der Waals surface area contributed by atoms with Crippen molar-refractivity contribution < 1.29 is 155 Å². The molecule has 0 spiro atoms. The molecule has 2 fully saturated rings. The third-order valence-corrected chi connectivity index (χ3v) is 13.7. The summed E-state index contributed by atoms with van der Waals surface area (Å²) in [6, 6.07) is 6.69. The summed E-state index contributed by atoms with van der Waals surface area (Å²) in [4.78, 5) is 128. The van der Waals surface area contributed by atoms with Crippen molar-refractivity contribution in [1.82, 2.24) is 32.1 Å². The zero-order valence-corrected chi connectivity index (χ0v) is 55.1. The van der Waals surface area contributed by atoms with E-state index >= 15 is 0 Å². The van der Waals surface area contributed by atoms with Gasteiger partial charge in [-0.05, 0) is 69.0 Å². The quantitative estimate of drug-likeness (QED) is 0.0169. The Bertz CT molecular complexity index is 2940. The fourth-order valence-electron chi connectivity index (χ4n) is 8.82. The highest BCUT2D eigenvalue weighted by molar-refractivity contribution is 5.98. The molecule has 2 aliphatic rings. The van der Waals surface area contributed by atoms with Crippen molar-refractivity contribution in [3.05, 3.63) is 58.7 Å². The molecular formula is C60H90N8O32. The minimum absolute atomic E-state index is 0.00926. The number of carbonyl (C=O) groups excluding carboxylic acids is 8. The van der Waals surface area contributed by atoms with Gasteiger partial charge in [0.05, 0.1) is 83.8 Å². The predicted octanol–water partition coefficient (Wildman–Crippen LogP) is -4.59. The Morgan fingerprint density at radius 3 is 1.38 bits per heavy atom. The number of benzene rings is 2. The Labute approximate surface area is 571 Å². The highest BCUT2D eigenvalue weighted by atomic mass is 16.7. The summed E-state index contributed by atoms with van der Waals surface area (Å²) >= 11 is 0. The number of aliphatic hydroxyl groups excluding tert-OH is 6. The van der Waals surface area contributed by atoms with E-state index in [-0.39, 0.29) is 159 Å². The van der Waals surface area contributed by atoms with Crippen molar-refractivity contribution in [1.29, 1.82) is 0 Å². The van der Waals surface area contributed by atoms with Gasteiger partial charge in [-0.15, -0.1) is 0 Å². The number of nitrogens with one attached hydrogen (secondary N) is 6. The number of primary amides is 2. The van der Waals surface area contributed by atoms with Crippen molar-refractivity contribution in [2.45, 2.75) is 133 Å². The van der Waals surface area contributed by atoms with Crippen molar-refractivity contribution in [3.8, 4) is 11.5 Å².